The largest absolute Gasteiger partial charge is 0.319 e. The molecular formula is C17H15ClF2N2O3S. The summed E-state index contributed by atoms with van der Waals surface area (Å²) < 4.78 is 53.3. The van der Waals surface area contributed by atoms with Crippen molar-refractivity contribution in [2.45, 2.75) is 17.7 Å². The van der Waals surface area contributed by atoms with Crippen LogP contribution in [0.1, 0.15) is 23.2 Å². The predicted octanol–water partition coefficient (Wildman–Crippen LogP) is 3.66. The van der Waals surface area contributed by atoms with E-state index in [-0.39, 0.29) is 21.2 Å². The fourth-order valence-corrected chi connectivity index (χ4v) is 4.71. The molecule has 1 heterocycles. The lowest BCUT2D eigenvalue weighted by Gasteiger charge is -2.17. The molecular weight excluding hydrogens is 386 g/mol. The average molecular weight is 401 g/mol. The molecule has 1 amide bonds. The molecule has 0 spiro atoms. The highest BCUT2D eigenvalue weighted by molar-refractivity contribution is 7.89. The Kier molecular flexibility index (Phi) is 5.27. The Labute approximate surface area is 154 Å². The Hall–Kier alpha value is -2.03. The summed E-state index contributed by atoms with van der Waals surface area (Å²) in [6.07, 6.45) is 1.53. The Bertz CT molecular complexity index is 960. The van der Waals surface area contributed by atoms with Gasteiger partial charge in [0, 0.05) is 24.7 Å². The first kappa shape index (κ1) is 18.8. The third-order valence-electron chi connectivity index (χ3n) is 4.06. The highest BCUT2D eigenvalue weighted by Crippen LogP contribution is 2.28. The third-order valence-corrected chi connectivity index (χ3v) is 6.44. The van der Waals surface area contributed by atoms with Crippen molar-refractivity contribution in [1.29, 1.82) is 0 Å². The Morgan fingerprint density at radius 3 is 2.42 bits per heavy atom. The maximum atomic E-state index is 13.7. The second-order valence-corrected chi connectivity index (χ2v) is 8.15. The van der Waals surface area contributed by atoms with Gasteiger partial charge in [0.25, 0.3) is 5.91 Å². The number of carbonyl (C=O) groups is 1. The number of nitrogens with one attached hydrogen (secondary N) is 1. The third kappa shape index (κ3) is 3.72. The molecule has 1 aliphatic rings. The lowest BCUT2D eigenvalue weighted by atomic mass is 10.2. The Balaban J connectivity index is 1.90. The maximum Gasteiger partial charge on any atom is 0.255 e. The number of hydrogen-bond donors (Lipinski definition) is 1. The van der Waals surface area contributed by atoms with Crippen LogP contribution in [0.15, 0.2) is 41.3 Å². The van der Waals surface area contributed by atoms with E-state index < -0.39 is 27.6 Å². The van der Waals surface area contributed by atoms with Gasteiger partial charge in [-0.3, -0.25) is 4.79 Å². The van der Waals surface area contributed by atoms with Gasteiger partial charge in [-0.2, -0.15) is 4.31 Å². The molecule has 26 heavy (non-hydrogen) atoms. The first-order valence-electron chi connectivity index (χ1n) is 7.85. The standard InChI is InChI=1S/C17H15ClF2N2O3S/c18-13-5-3-11(9-16(13)26(24,25)22-7-1-2-8-22)17(23)21-15-6-4-12(19)10-14(15)20/h3-6,9-10H,1-2,7-8H2,(H,21,23). The van der Waals surface area contributed by atoms with Crippen LogP contribution in [-0.4, -0.2) is 31.7 Å². The first-order valence-corrected chi connectivity index (χ1v) is 9.67. The number of anilines is 1. The quantitative estimate of drug-likeness (QED) is 0.851. The predicted molar refractivity (Wildman–Crippen MR) is 93.8 cm³/mol. The molecule has 5 nitrogen and oxygen atoms in total. The van der Waals surface area contributed by atoms with E-state index in [0.29, 0.717) is 19.2 Å². The zero-order valence-corrected chi connectivity index (χ0v) is 15.1. The summed E-state index contributed by atoms with van der Waals surface area (Å²) in [7, 11) is -3.81. The van der Waals surface area contributed by atoms with Crippen LogP contribution in [0.5, 0.6) is 0 Å². The monoisotopic (exact) mass is 400 g/mol. The highest BCUT2D eigenvalue weighted by Gasteiger charge is 2.29. The van der Waals surface area contributed by atoms with E-state index in [4.69, 9.17) is 11.6 Å². The molecule has 0 aromatic heterocycles. The van der Waals surface area contributed by atoms with Crippen LogP contribution in [0.25, 0.3) is 0 Å². The van der Waals surface area contributed by atoms with Crippen LogP contribution in [0.4, 0.5) is 14.5 Å². The second kappa shape index (κ2) is 7.30. The number of carbonyl (C=O) groups excluding carboxylic acids is 1. The summed E-state index contributed by atoms with van der Waals surface area (Å²) in [5.74, 6) is -2.44. The van der Waals surface area contributed by atoms with Crippen molar-refractivity contribution in [2.24, 2.45) is 0 Å². The number of rotatable bonds is 4. The van der Waals surface area contributed by atoms with Crippen molar-refractivity contribution in [3.05, 3.63) is 58.6 Å². The number of nitrogens with zero attached hydrogens (tertiary/aromatic N) is 1. The molecule has 2 aromatic rings. The first-order chi connectivity index (χ1) is 12.3. The zero-order valence-electron chi connectivity index (χ0n) is 13.5. The van der Waals surface area contributed by atoms with Gasteiger partial charge in [-0.05, 0) is 43.2 Å². The van der Waals surface area contributed by atoms with E-state index >= 15 is 0 Å². The van der Waals surface area contributed by atoms with Crippen molar-refractivity contribution in [2.75, 3.05) is 18.4 Å². The van der Waals surface area contributed by atoms with E-state index in [9.17, 15) is 22.0 Å². The van der Waals surface area contributed by atoms with E-state index in [1.54, 1.807) is 0 Å². The summed E-state index contributed by atoms with van der Waals surface area (Å²) in [5, 5.41) is 2.29. The molecule has 1 N–H and O–H groups in total. The van der Waals surface area contributed by atoms with Crippen molar-refractivity contribution in [3.8, 4) is 0 Å². The number of halogens is 3. The van der Waals surface area contributed by atoms with Crippen molar-refractivity contribution in [3.63, 3.8) is 0 Å². The molecule has 0 atom stereocenters. The van der Waals surface area contributed by atoms with Gasteiger partial charge in [0.2, 0.25) is 10.0 Å². The van der Waals surface area contributed by atoms with Gasteiger partial charge in [-0.25, -0.2) is 17.2 Å². The molecule has 9 heteroatoms. The number of benzene rings is 2. The van der Waals surface area contributed by atoms with Gasteiger partial charge in [-0.1, -0.05) is 11.6 Å². The second-order valence-electron chi connectivity index (χ2n) is 5.83. The minimum absolute atomic E-state index is 0.00131. The number of hydrogen-bond acceptors (Lipinski definition) is 3. The van der Waals surface area contributed by atoms with Crippen molar-refractivity contribution in [1.82, 2.24) is 4.31 Å². The van der Waals surface area contributed by atoms with Gasteiger partial charge >= 0.3 is 0 Å². The molecule has 1 fully saturated rings. The molecule has 1 saturated heterocycles. The lowest BCUT2D eigenvalue weighted by Crippen LogP contribution is -2.28. The summed E-state index contributed by atoms with van der Waals surface area (Å²) in [5.41, 5.74) is -0.216. The lowest BCUT2D eigenvalue weighted by molar-refractivity contribution is 0.102. The van der Waals surface area contributed by atoms with E-state index in [0.717, 1.165) is 31.0 Å². The van der Waals surface area contributed by atoms with Crippen LogP contribution < -0.4 is 5.32 Å². The van der Waals surface area contributed by atoms with Crippen LogP contribution in [0, 0.1) is 11.6 Å². The van der Waals surface area contributed by atoms with Crippen LogP contribution >= 0.6 is 11.6 Å². The number of amides is 1. The fourth-order valence-electron chi connectivity index (χ4n) is 2.70. The molecule has 0 aliphatic carbocycles. The van der Waals surface area contributed by atoms with Crippen LogP contribution in [0.3, 0.4) is 0 Å². The molecule has 0 radical (unpaired) electrons. The molecule has 0 unspecified atom stereocenters. The fraction of sp³-hybridized carbons (Fsp3) is 0.235. The van der Waals surface area contributed by atoms with E-state index in [1.807, 2.05) is 0 Å². The minimum atomic E-state index is -3.81. The maximum absolute atomic E-state index is 13.7. The molecule has 1 aliphatic heterocycles. The zero-order chi connectivity index (χ0) is 18.9. The topological polar surface area (TPSA) is 66.5 Å². The van der Waals surface area contributed by atoms with Crippen molar-refractivity contribution < 1.29 is 22.0 Å². The van der Waals surface area contributed by atoms with Gasteiger partial charge in [0.1, 0.15) is 16.5 Å². The highest BCUT2D eigenvalue weighted by atomic mass is 35.5. The van der Waals surface area contributed by atoms with Crippen molar-refractivity contribution >= 4 is 33.2 Å². The van der Waals surface area contributed by atoms with Gasteiger partial charge < -0.3 is 5.32 Å². The SMILES string of the molecule is O=C(Nc1ccc(F)cc1F)c1ccc(Cl)c(S(=O)(=O)N2CCCC2)c1. The summed E-state index contributed by atoms with van der Waals surface area (Å²) in [4.78, 5) is 12.2. The molecule has 2 aromatic carbocycles. The van der Waals surface area contributed by atoms with Crippen LogP contribution in [-0.2, 0) is 10.0 Å². The minimum Gasteiger partial charge on any atom is -0.319 e. The van der Waals surface area contributed by atoms with E-state index in [1.165, 1.54) is 16.4 Å². The molecule has 3 rings (SSSR count). The Morgan fingerprint density at radius 1 is 1.08 bits per heavy atom. The molecule has 138 valence electrons. The summed E-state index contributed by atoms with van der Waals surface area (Å²) in [6, 6.07) is 6.53. The summed E-state index contributed by atoms with van der Waals surface area (Å²) >= 11 is 6.03. The molecule has 0 bridgehead atoms. The van der Waals surface area contributed by atoms with E-state index in [2.05, 4.69) is 5.32 Å². The van der Waals surface area contributed by atoms with Gasteiger partial charge in [-0.15, -0.1) is 0 Å². The van der Waals surface area contributed by atoms with Gasteiger partial charge in [0.15, 0.2) is 0 Å². The smallest absolute Gasteiger partial charge is 0.255 e. The van der Waals surface area contributed by atoms with Crippen LogP contribution in [0.2, 0.25) is 5.02 Å². The Morgan fingerprint density at radius 2 is 1.77 bits per heavy atom. The average Bonchev–Trinajstić information content (AvgIpc) is 3.13. The summed E-state index contributed by atoms with van der Waals surface area (Å²) in [6.45, 7) is 0.797. The number of sulfonamides is 1. The van der Waals surface area contributed by atoms with Gasteiger partial charge in [0.05, 0.1) is 10.7 Å². The normalized spacial score (nSPS) is 15.2. The molecule has 0 saturated carbocycles.